The van der Waals surface area contributed by atoms with Crippen LogP contribution in [0.15, 0.2) is 29.4 Å². The number of hydrogen-bond acceptors (Lipinski definition) is 4. The van der Waals surface area contributed by atoms with Crippen molar-refractivity contribution in [2.24, 2.45) is 5.10 Å². The Bertz CT molecular complexity index is 439. The van der Waals surface area contributed by atoms with Crippen LogP contribution in [0.2, 0.25) is 0 Å². The van der Waals surface area contributed by atoms with Crippen LogP contribution in [-0.4, -0.2) is 22.7 Å². The maximum absolute atomic E-state index is 10.5. The zero-order valence-electron chi connectivity index (χ0n) is 9.25. The van der Waals surface area contributed by atoms with E-state index in [0.717, 1.165) is 17.7 Å². The minimum Gasteiger partial charge on any atom is -0.292 e. The SMILES string of the molecule is CC1=NN(C)C(c2ccc([N+](=O)[O-])cc2)C1. The van der Waals surface area contributed by atoms with Crippen LogP contribution in [0.25, 0.3) is 0 Å². The molecule has 0 N–H and O–H groups in total. The van der Waals surface area contributed by atoms with E-state index in [4.69, 9.17) is 0 Å². The minimum atomic E-state index is -0.385. The second-order valence-electron chi connectivity index (χ2n) is 3.98. The quantitative estimate of drug-likeness (QED) is 0.566. The third-order valence-electron chi connectivity index (χ3n) is 2.76. The molecule has 0 fully saturated rings. The van der Waals surface area contributed by atoms with Gasteiger partial charge in [-0.15, -0.1) is 0 Å². The Kier molecular flexibility index (Phi) is 2.60. The normalized spacial score (nSPS) is 19.8. The molecule has 0 bridgehead atoms. The zero-order valence-corrected chi connectivity index (χ0v) is 9.25. The molecule has 1 aromatic carbocycles. The Balaban J connectivity index is 2.20. The van der Waals surface area contributed by atoms with Gasteiger partial charge in [-0.1, -0.05) is 12.1 Å². The van der Waals surface area contributed by atoms with E-state index in [1.54, 1.807) is 12.1 Å². The van der Waals surface area contributed by atoms with Crippen LogP contribution in [0.1, 0.15) is 24.9 Å². The van der Waals surface area contributed by atoms with E-state index in [2.05, 4.69) is 5.10 Å². The first-order valence-electron chi connectivity index (χ1n) is 5.09. The van der Waals surface area contributed by atoms with Crippen molar-refractivity contribution < 1.29 is 4.92 Å². The van der Waals surface area contributed by atoms with Gasteiger partial charge in [0.25, 0.3) is 5.69 Å². The van der Waals surface area contributed by atoms with E-state index in [9.17, 15) is 10.1 Å². The molecule has 0 amide bonds. The standard InChI is InChI=1S/C11H13N3O2/c1-8-7-11(13(2)12-8)9-3-5-10(6-4-9)14(15)16/h3-6,11H,7H2,1-2H3. The predicted molar refractivity (Wildman–Crippen MR) is 61.3 cm³/mol. The lowest BCUT2D eigenvalue weighted by atomic mass is 10.0. The third-order valence-corrected chi connectivity index (χ3v) is 2.76. The maximum Gasteiger partial charge on any atom is 0.269 e. The number of non-ortho nitro benzene ring substituents is 1. The average molecular weight is 219 g/mol. The van der Waals surface area contributed by atoms with Crippen molar-refractivity contribution >= 4 is 11.4 Å². The van der Waals surface area contributed by atoms with Gasteiger partial charge in [0.05, 0.1) is 11.0 Å². The summed E-state index contributed by atoms with van der Waals surface area (Å²) < 4.78 is 0. The second kappa shape index (κ2) is 3.92. The van der Waals surface area contributed by atoms with Crippen LogP contribution in [-0.2, 0) is 0 Å². The second-order valence-corrected chi connectivity index (χ2v) is 3.98. The Morgan fingerprint density at radius 1 is 1.44 bits per heavy atom. The molecule has 0 radical (unpaired) electrons. The van der Waals surface area contributed by atoms with Crippen molar-refractivity contribution in [1.82, 2.24) is 5.01 Å². The molecule has 1 aromatic rings. The van der Waals surface area contributed by atoms with Crippen molar-refractivity contribution in [3.8, 4) is 0 Å². The van der Waals surface area contributed by atoms with Crippen molar-refractivity contribution in [3.05, 3.63) is 39.9 Å². The van der Waals surface area contributed by atoms with Crippen LogP contribution in [0.4, 0.5) is 5.69 Å². The molecule has 0 saturated carbocycles. The number of nitro benzene ring substituents is 1. The highest BCUT2D eigenvalue weighted by Crippen LogP contribution is 2.29. The number of hydrogen-bond donors (Lipinski definition) is 0. The number of benzene rings is 1. The highest BCUT2D eigenvalue weighted by Gasteiger charge is 2.23. The van der Waals surface area contributed by atoms with Gasteiger partial charge in [-0.25, -0.2) is 0 Å². The zero-order chi connectivity index (χ0) is 11.7. The van der Waals surface area contributed by atoms with E-state index >= 15 is 0 Å². The number of rotatable bonds is 2. The van der Waals surface area contributed by atoms with Gasteiger partial charge in [0.2, 0.25) is 0 Å². The molecule has 5 heteroatoms. The van der Waals surface area contributed by atoms with Gasteiger partial charge >= 0.3 is 0 Å². The monoisotopic (exact) mass is 219 g/mol. The summed E-state index contributed by atoms with van der Waals surface area (Å²) in [6.07, 6.45) is 0.883. The highest BCUT2D eigenvalue weighted by atomic mass is 16.6. The Labute approximate surface area is 93.5 Å². The highest BCUT2D eigenvalue weighted by molar-refractivity contribution is 5.83. The first kappa shape index (κ1) is 10.6. The van der Waals surface area contributed by atoms with Crippen LogP contribution in [0, 0.1) is 10.1 Å². The molecular formula is C11H13N3O2. The molecule has 16 heavy (non-hydrogen) atoms. The maximum atomic E-state index is 10.5. The fourth-order valence-corrected chi connectivity index (χ4v) is 1.94. The number of nitro groups is 1. The summed E-state index contributed by atoms with van der Waals surface area (Å²) in [5.74, 6) is 0. The first-order valence-corrected chi connectivity index (χ1v) is 5.09. The summed E-state index contributed by atoms with van der Waals surface area (Å²) in [6.45, 7) is 1.99. The summed E-state index contributed by atoms with van der Waals surface area (Å²) >= 11 is 0. The Hall–Kier alpha value is -1.91. The molecule has 0 saturated heterocycles. The van der Waals surface area contributed by atoms with E-state index in [1.807, 2.05) is 19.0 Å². The van der Waals surface area contributed by atoms with Gasteiger partial charge in [0, 0.05) is 31.3 Å². The molecule has 2 rings (SSSR count). The molecule has 1 unspecified atom stereocenters. The lowest BCUT2D eigenvalue weighted by molar-refractivity contribution is -0.384. The van der Waals surface area contributed by atoms with E-state index in [-0.39, 0.29) is 16.7 Å². The summed E-state index contributed by atoms with van der Waals surface area (Å²) in [5, 5.41) is 16.7. The summed E-state index contributed by atoms with van der Waals surface area (Å²) in [4.78, 5) is 10.1. The van der Waals surface area contributed by atoms with Gasteiger partial charge in [0.15, 0.2) is 0 Å². The van der Waals surface area contributed by atoms with Crippen molar-refractivity contribution in [3.63, 3.8) is 0 Å². The van der Waals surface area contributed by atoms with Crippen LogP contribution < -0.4 is 0 Å². The molecule has 1 heterocycles. The molecule has 1 atom stereocenters. The first-order chi connectivity index (χ1) is 7.58. The molecule has 1 aliphatic heterocycles. The van der Waals surface area contributed by atoms with E-state index in [0.29, 0.717) is 0 Å². The predicted octanol–water partition coefficient (Wildman–Crippen LogP) is 2.35. The van der Waals surface area contributed by atoms with E-state index < -0.39 is 0 Å². The fraction of sp³-hybridized carbons (Fsp3) is 0.364. The minimum absolute atomic E-state index is 0.127. The van der Waals surface area contributed by atoms with Crippen molar-refractivity contribution in [2.45, 2.75) is 19.4 Å². The Morgan fingerprint density at radius 2 is 2.06 bits per heavy atom. The summed E-state index contributed by atoms with van der Waals surface area (Å²) in [6, 6.07) is 6.88. The van der Waals surface area contributed by atoms with Crippen LogP contribution >= 0.6 is 0 Å². The molecule has 0 aromatic heterocycles. The molecule has 84 valence electrons. The van der Waals surface area contributed by atoms with Crippen LogP contribution in [0.5, 0.6) is 0 Å². The lowest BCUT2D eigenvalue weighted by Crippen LogP contribution is -2.13. The number of nitrogens with zero attached hydrogens (tertiary/aromatic N) is 3. The molecule has 1 aliphatic rings. The Morgan fingerprint density at radius 3 is 2.50 bits per heavy atom. The van der Waals surface area contributed by atoms with Crippen LogP contribution in [0.3, 0.4) is 0 Å². The van der Waals surface area contributed by atoms with E-state index in [1.165, 1.54) is 12.1 Å². The van der Waals surface area contributed by atoms with Gasteiger partial charge < -0.3 is 0 Å². The van der Waals surface area contributed by atoms with Crippen molar-refractivity contribution in [2.75, 3.05) is 7.05 Å². The molecular weight excluding hydrogens is 206 g/mol. The number of hydrazone groups is 1. The largest absolute Gasteiger partial charge is 0.292 e. The molecule has 0 aliphatic carbocycles. The fourth-order valence-electron chi connectivity index (χ4n) is 1.94. The van der Waals surface area contributed by atoms with Gasteiger partial charge in [-0.3, -0.25) is 15.1 Å². The van der Waals surface area contributed by atoms with Gasteiger partial charge in [-0.2, -0.15) is 5.10 Å². The lowest BCUT2D eigenvalue weighted by Gasteiger charge is -2.18. The molecule has 0 spiro atoms. The third kappa shape index (κ3) is 1.88. The molecule has 5 nitrogen and oxygen atoms in total. The summed E-state index contributed by atoms with van der Waals surface area (Å²) in [5.41, 5.74) is 2.28. The average Bonchev–Trinajstić information content (AvgIpc) is 2.58. The summed E-state index contributed by atoms with van der Waals surface area (Å²) in [7, 11) is 1.92. The smallest absolute Gasteiger partial charge is 0.269 e. The van der Waals surface area contributed by atoms with Crippen molar-refractivity contribution in [1.29, 1.82) is 0 Å². The van der Waals surface area contributed by atoms with Gasteiger partial charge in [0.1, 0.15) is 0 Å². The topological polar surface area (TPSA) is 58.7 Å². The van der Waals surface area contributed by atoms with Gasteiger partial charge in [-0.05, 0) is 12.5 Å².